The molecule has 0 amide bonds. The minimum absolute atomic E-state index is 0.206. The maximum absolute atomic E-state index is 9.97. The first-order valence-electron chi connectivity index (χ1n) is 11.7. The molecule has 0 spiro atoms. The summed E-state index contributed by atoms with van der Waals surface area (Å²) in [6.45, 7) is 4.18. The van der Waals surface area contributed by atoms with Crippen molar-refractivity contribution in [3.63, 3.8) is 0 Å². The van der Waals surface area contributed by atoms with Gasteiger partial charge in [0.05, 0.1) is 17.6 Å². The number of anilines is 1. The van der Waals surface area contributed by atoms with Gasteiger partial charge in [0.2, 0.25) is 0 Å². The normalized spacial score (nSPS) is 15.3. The number of nitrogens with one attached hydrogen (secondary N) is 1. The van der Waals surface area contributed by atoms with Crippen LogP contribution in [0.25, 0.3) is 22.8 Å². The van der Waals surface area contributed by atoms with Crippen LogP contribution in [0, 0.1) is 6.92 Å². The van der Waals surface area contributed by atoms with Crippen LogP contribution in [0.15, 0.2) is 36.5 Å². The fraction of sp³-hybridized carbons (Fsp3) is 0.480. The first kappa shape index (κ1) is 24.1. The average molecular weight is 467 g/mol. The van der Waals surface area contributed by atoms with Crippen molar-refractivity contribution in [2.24, 2.45) is 7.05 Å². The van der Waals surface area contributed by atoms with E-state index in [1.54, 1.807) is 7.05 Å². The monoisotopic (exact) mass is 466 g/mol. The molecule has 9 heteroatoms. The van der Waals surface area contributed by atoms with Gasteiger partial charge < -0.3 is 29.4 Å². The van der Waals surface area contributed by atoms with Crippen LogP contribution in [0.5, 0.6) is 5.75 Å². The van der Waals surface area contributed by atoms with Crippen molar-refractivity contribution in [2.75, 3.05) is 45.4 Å². The van der Waals surface area contributed by atoms with Crippen molar-refractivity contribution in [1.29, 1.82) is 0 Å². The van der Waals surface area contributed by atoms with E-state index in [0.717, 1.165) is 54.6 Å². The molecule has 9 nitrogen and oxygen atoms in total. The molecular formula is C25H34N6O3. The SMILES string of the molecule is CNCC(O)COc1cccc(-c2nc(-c3cnc(C)n3C)cc(N(C)C3CCOCC3)n2)c1. The molecule has 3 heterocycles. The molecule has 34 heavy (non-hydrogen) atoms. The van der Waals surface area contributed by atoms with Crippen LogP contribution in [0.4, 0.5) is 5.82 Å². The van der Waals surface area contributed by atoms with E-state index in [4.69, 9.17) is 19.4 Å². The number of imidazole rings is 1. The molecule has 0 saturated carbocycles. The second-order valence-electron chi connectivity index (χ2n) is 8.69. The van der Waals surface area contributed by atoms with Gasteiger partial charge in [-0.3, -0.25) is 0 Å². The quantitative estimate of drug-likeness (QED) is 0.496. The third-order valence-corrected chi connectivity index (χ3v) is 6.27. The molecule has 1 unspecified atom stereocenters. The number of likely N-dealkylation sites (N-methyl/N-ethyl adjacent to an activating group) is 1. The Morgan fingerprint density at radius 1 is 1.26 bits per heavy atom. The molecule has 1 aliphatic rings. The van der Waals surface area contributed by atoms with Crippen molar-refractivity contribution >= 4 is 5.82 Å². The van der Waals surface area contributed by atoms with E-state index in [-0.39, 0.29) is 6.61 Å². The smallest absolute Gasteiger partial charge is 0.162 e. The zero-order chi connectivity index (χ0) is 24.1. The first-order valence-corrected chi connectivity index (χ1v) is 11.7. The minimum Gasteiger partial charge on any atom is -0.491 e. The Bertz CT molecular complexity index is 1100. The van der Waals surface area contributed by atoms with Gasteiger partial charge in [-0.15, -0.1) is 0 Å². The van der Waals surface area contributed by atoms with Gasteiger partial charge in [-0.25, -0.2) is 15.0 Å². The molecule has 3 aromatic rings. The highest BCUT2D eigenvalue weighted by Crippen LogP contribution is 2.29. The molecule has 182 valence electrons. The summed E-state index contributed by atoms with van der Waals surface area (Å²) in [4.78, 5) is 16.5. The summed E-state index contributed by atoms with van der Waals surface area (Å²) in [7, 11) is 5.88. The summed E-state index contributed by atoms with van der Waals surface area (Å²) in [6, 6.07) is 10.1. The molecule has 0 aliphatic carbocycles. The van der Waals surface area contributed by atoms with E-state index in [9.17, 15) is 5.11 Å². The summed E-state index contributed by atoms with van der Waals surface area (Å²) in [6.07, 6.45) is 3.20. The first-order chi connectivity index (χ1) is 16.5. The third kappa shape index (κ3) is 5.55. The Balaban J connectivity index is 1.69. The van der Waals surface area contributed by atoms with Crippen molar-refractivity contribution in [2.45, 2.75) is 31.9 Å². The van der Waals surface area contributed by atoms with Gasteiger partial charge in [-0.1, -0.05) is 12.1 Å². The van der Waals surface area contributed by atoms with Gasteiger partial charge >= 0.3 is 0 Å². The van der Waals surface area contributed by atoms with Gasteiger partial charge in [0.15, 0.2) is 5.82 Å². The van der Waals surface area contributed by atoms with E-state index in [2.05, 4.69) is 22.2 Å². The molecule has 1 aromatic carbocycles. The van der Waals surface area contributed by atoms with Crippen LogP contribution in [0.2, 0.25) is 0 Å². The highest BCUT2D eigenvalue weighted by Gasteiger charge is 2.22. The summed E-state index contributed by atoms with van der Waals surface area (Å²) in [5.74, 6) is 3.07. The molecule has 1 fully saturated rings. The fourth-order valence-electron chi connectivity index (χ4n) is 4.09. The van der Waals surface area contributed by atoms with Gasteiger partial charge in [-0.2, -0.15) is 0 Å². The number of aliphatic hydroxyl groups excluding tert-OH is 1. The fourth-order valence-corrected chi connectivity index (χ4v) is 4.09. The Hall–Kier alpha value is -3.01. The average Bonchev–Trinajstić information content (AvgIpc) is 3.21. The van der Waals surface area contributed by atoms with Crippen LogP contribution in [-0.2, 0) is 11.8 Å². The van der Waals surface area contributed by atoms with Gasteiger partial charge in [-0.05, 0) is 38.9 Å². The van der Waals surface area contributed by atoms with Crippen molar-refractivity contribution < 1.29 is 14.6 Å². The van der Waals surface area contributed by atoms with Crippen LogP contribution < -0.4 is 15.0 Å². The molecule has 2 N–H and O–H groups in total. The predicted octanol–water partition coefficient (Wildman–Crippen LogP) is 2.43. The zero-order valence-electron chi connectivity index (χ0n) is 20.4. The Kier molecular flexibility index (Phi) is 7.77. The highest BCUT2D eigenvalue weighted by molar-refractivity contribution is 5.67. The van der Waals surface area contributed by atoms with Crippen molar-refractivity contribution in [3.8, 4) is 28.5 Å². The summed E-state index contributed by atoms with van der Waals surface area (Å²) >= 11 is 0. The lowest BCUT2D eigenvalue weighted by Gasteiger charge is -2.32. The number of aromatic nitrogens is 4. The number of nitrogens with zero attached hydrogens (tertiary/aromatic N) is 5. The van der Waals surface area contributed by atoms with Crippen LogP contribution in [0.3, 0.4) is 0 Å². The molecule has 0 bridgehead atoms. The lowest BCUT2D eigenvalue weighted by molar-refractivity contribution is 0.0853. The Morgan fingerprint density at radius 3 is 2.76 bits per heavy atom. The molecule has 0 radical (unpaired) electrons. The highest BCUT2D eigenvalue weighted by atomic mass is 16.5. The Morgan fingerprint density at radius 2 is 2.06 bits per heavy atom. The molecule has 1 atom stereocenters. The lowest BCUT2D eigenvalue weighted by Crippen LogP contribution is -2.37. The maximum atomic E-state index is 9.97. The topological polar surface area (TPSA) is 97.6 Å². The molecule has 4 rings (SSSR count). The number of ether oxygens (including phenoxy) is 2. The Labute approximate surface area is 200 Å². The second kappa shape index (κ2) is 10.9. The van der Waals surface area contributed by atoms with Crippen LogP contribution in [0.1, 0.15) is 18.7 Å². The number of hydrogen-bond acceptors (Lipinski definition) is 8. The summed E-state index contributed by atoms with van der Waals surface area (Å²) in [5, 5.41) is 12.9. The lowest BCUT2D eigenvalue weighted by atomic mass is 10.1. The molecule has 1 aliphatic heterocycles. The number of aliphatic hydroxyl groups is 1. The van der Waals surface area contributed by atoms with E-state index >= 15 is 0 Å². The van der Waals surface area contributed by atoms with Crippen LogP contribution in [-0.4, -0.2) is 77.2 Å². The largest absolute Gasteiger partial charge is 0.491 e. The summed E-state index contributed by atoms with van der Waals surface area (Å²) < 4.78 is 13.4. The number of aryl methyl sites for hydroxylation is 1. The van der Waals surface area contributed by atoms with Crippen LogP contribution >= 0.6 is 0 Å². The number of benzene rings is 1. The number of hydrogen-bond donors (Lipinski definition) is 2. The number of rotatable bonds is 9. The standard InChI is InChI=1S/C25H34N6O3/c1-17-27-15-23(30(17)3)22-13-24(31(4)19-8-10-33-11-9-19)29-25(28-22)18-6-5-7-21(12-18)34-16-20(32)14-26-2/h5-7,12-13,15,19-20,26,32H,8-11,14,16H2,1-4H3. The van der Waals surface area contributed by atoms with Gasteiger partial charge in [0.25, 0.3) is 0 Å². The van der Waals surface area contributed by atoms with E-state index in [0.29, 0.717) is 24.2 Å². The maximum Gasteiger partial charge on any atom is 0.162 e. The predicted molar refractivity (Wildman–Crippen MR) is 132 cm³/mol. The minimum atomic E-state index is -0.582. The van der Waals surface area contributed by atoms with Gasteiger partial charge in [0, 0.05) is 51.5 Å². The third-order valence-electron chi connectivity index (χ3n) is 6.27. The van der Waals surface area contributed by atoms with Crippen molar-refractivity contribution in [1.82, 2.24) is 24.8 Å². The molecule has 1 saturated heterocycles. The van der Waals surface area contributed by atoms with E-state index in [1.165, 1.54) is 0 Å². The van der Waals surface area contributed by atoms with Crippen molar-refractivity contribution in [3.05, 3.63) is 42.4 Å². The summed E-state index contributed by atoms with van der Waals surface area (Å²) in [5.41, 5.74) is 2.60. The zero-order valence-corrected chi connectivity index (χ0v) is 20.4. The van der Waals surface area contributed by atoms with E-state index < -0.39 is 6.10 Å². The van der Waals surface area contributed by atoms with E-state index in [1.807, 2.05) is 55.1 Å². The molecular weight excluding hydrogens is 432 g/mol. The van der Waals surface area contributed by atoms with Gasteiger partial charge in [0.1, 0.15) is 30.1 Å². The second-order valence-corrected chi connectivity index (χ2v) is 8.69. The molecule has 2 aromatic heterocycles.